The monoisotopic (exact) mass is 174 g/mol. The van der Waals surface area contributed by atoms with Crippen molar-refractivity contribution in [2.75, 3.05) is 0 Å². The average molecular weight is 174 g/mol. The molecule has 0 bridgehead atoms. The molecule has 12 heavy (non-hydrogen) atoms. The average Bonchev–Trinajstić information content (AvgIpc) is 2.12. The van der Waals surface area contributed by atoms with Crippen LogP contribution in [-0.4, -0.2) is 17.5 Å². The van der Waals surface area contributed by atoms with Crippen LogP contribution in [-0.2, 0) is 4.74 Å². The first-order valence-corrected chi connectivity index (χ1v) is 4.99. The van der Waals surface area contributed by atoms with Crippen molar-refractivity contribution in [2.45, 2.75) is 59.4 Å². The Morgan fingerprint density at radius 3 is 1.92 bits per heavy atom. The summed E-state index contributed by atoms with van der Waals surface area (Å²) < 4.78 is 5.46. The van der Waals surface area contributed by atoms with Gasteiger partial charge in [0.25, 0.3) is 0 Å². The van der Waals surface area contributed by atoms with Crippen LogP contribution in [0.25, 0.3) is 0 Å². The molecule has 0 aromatic heterocycles. The van der Waals surface area contributed by atoms with Crippen LogP contribution in [0.15, 0.2) is 0 Å². The molecular weight excluding hydrogens is 152 g/mol. The van der Waals surface area contributed by atoms with Gasteiger partial charge in [-0.05, 0) is 19.3 Å². The Morgan fingerprint density at radius 2 is 1.58 bits per heavy atom. The third kappa shape index (κ3) is 4.07. The van der Waals surface area contributed by atoms with Crippen LogP contribution in [0.5, 0.6) is 0 Å². The minimum atomic E-state index is -0.583. The van der Waals surface area contributed by atoms with Crippen molar-refractivity contribution in [3.63, 3.8) is 0 Å². The quantitative estimate of drug-likeness (QED) is 0.627. The first-order valence-electron chi connectivity index (χ1n) is 4.99. The molecule has 74 valence electrons. The third-order valence-electron chi connectivity index (χ3n) is 2.37. The minimum Gasteiger partial charge on any atom is -0.368 e. The molecule has 0 rings (SSSR count). The summed E-state index contributed by atoms with van der Waals surface area (Å²) in [6.45, 7) is 8.23. The van der Waals surface area contributed by atoms with E-state index in [4.69, 9.17) is 4.74 Å². The van der Waals surface area contributed by atoms with Gasteiger partial charge in [0, 0.05) is 5.92 Å². The first kappa shape index (κ1) is 11.9. The van der Waals surface area contributed by atoms with E-state index < -0.39 is 6.29 Å². The molecule has 2 heteroatoms. The second-order valence-electron chi connectivity index (χ2n) is 3.35. The summed E-state index contributed by atoms with van der Waals surface area (Å²) in [6, 6.07) is 0. The van der Waals surface area contributed by atoms with Crippen molar-refractivity contribution in [3.05, 3.63) is 0 Å². The summed E-state index contributed by atoms with van der Waals surface area (Å²) in [5.41, 5.74) is 0. The second-order valence-corrected chi connectivity index (χ2v) is 3.35. The molecule has 0 fully saturated rings. The van der Waals surface area contributed by atoms with Gasteiger partial charge in [-0.3, -0.25) is 0 Å². The highest BCUT2D eigenvalue weighted by atomic mass is 16.6. The molecule has 0 aliphatic rings. The molecule has 0 aromatic carbocycles. The Labute approximate surface area is 75.9 Å². The van der Waals surface area contributed by atoms with E-state index in [1.807, 2.05) is 6.92 Å². The summed E-state index contributed by atoms with van der Waals surface area (Å²) in [4.78, 5) is 0. The van der Waals surface area contributed by atoms with Crippen molar-refractivity contribution in [2.24, 2.45) is 5.92 Å². The molecule has 0 heterocycles. The van der Waals surface area contributed by atoms with E-state index in [1.165, 1.54) is 0 Å². The van der Waals surface area contributed by atoms with E-state index in [2.05, 4.69) is 20.8 Å². The van der Waals surface area contributed by atoms with E-state index in [1.54, 1.807) is 0 Å². The van der Waals surface area contributed by atoms with Crippen LogP contribution in [0, 0.1) is 5.92 Å². The Morgan fingerprint density at radius 1 is 1.08 bits per heavy atom. The summed E-state index contributed by atoms with van der Waals surface area (Å²) in [6.07, 6.45) is 2.55. The molecule has 2 nitrogen and oxygen atoms in total. The molecule has 0 saturated heterocycles. The Balaban J connectivity index is 3.72. The molecule has 0 aliphatic carbocycles. The van der Waals surface area contributed by atoms with Gasteiger partial charge in [-0.1, -0.05) is 27.7 Å². The highest BCUT2D eigenvalue weighted by Gasteiger charge is 2.16. The fraction of sp³-hybridized carbons (Fsp3) is 1.00. The molecule has 0 radical (unpaired) electrons. The number of hydrogen-bond donors (Lipinski definition) is 1. The Bertz CT molecular complexity index is 100. The van der Waals surface area contributed by atoms with Crippen molar-refractivity contribution in [1.82, 2.24) is 0 Å². The van der Waals surface area contributed by atoms with Crippen molar-refractivity contribution in [1.29, 1.82) is 0 Å². The van der Waals surface area contributed by atoms with Crippen molar-refractivity contribution >= 4 is 0 Å². The predicted molar refractivity (Wildman–Crippen MR) is 50.9 cm³/mol. The standard InChI is InChI=1S/C10H22O2/c1-5-8(4)10(11)12-9(6-2)7-3/h8-11H,5-7H2,1-4H3. The minimum absolute atomic E-state index is 0.217. The van der Waals surface area contributed by atoms with Gasteiger partial charge in [0.2, 0.25) is 0 Å². The van der Waals surface area contributed by atoms with Crippen LogP contribution in [0.3, 0.4) is 0 Å². The molecule has 0 spiro atoms. The lowest BCUT2D eigenvalue weighted by Crippen LogP contribution is -2.26. The van der Waals surface area contributed by atoms with Gasteiger partial charge in [0.05, 0.1) is 6.10 Å². The van der Waals surface area contributed by atoms with Crippen LogP contribution < -0.4 is 0 Å². The molecule has 0 saturated carbocycles. The van der Waals surface area contributed by atoms with Gasteiger partial charge < -0.3 is 9.84 Å². The maximum Gasteiger partial charge on any atom is 0.157 e. The molecule has 0 aliphatic heterocycles. The molecule has 2 unspecified atom stereocenters. The highest BCUT2D eigenvalue weighted by Crippen LogP contribution is 2.13. The maximum atomic E-state index is 9.53. The smallest absolute Gasteiger partial charge is 0.157 e. The van der Waals surface area contributed by atoms with E-state index in [-0.39, 0.29) is 12.0 Å². The molecular formula is C10H22O2. The SMILES string of the molecule is CCC(CC)OC(O)C(C)CC. The number of rotatable bonds is 6. The second kappa shape index (κ2) is 6.44. The normalized spacial score (nSPS) is 16.5. The molecule has 0 aromatic rings. The van der Waals surface area contributed by atoms with Gasteiger partial charge >= 0.3 is 0 Å². The molecule has 2 atom stereocenters. The number of hydrogen-bond acceptors (Lipinski definition) is 2. The Kier molecular flexibility index (Phi) is 6.39. The lowest BCUT2D eigenvalue weighted by atomic mass is 10.1. The van der Waals surface area contributed by atoms with Gasteiger partial charge in [-0.2, -0.15) is 0 Å². The van der Waals surface area contributed by atoms with Crippen LogP contribution in [0.2, 0.25) is 0 Å². The van der Waals surface area contributed by atoms with Gasteiger partial charge in [0.15, 0.2) is 6.29 Å². The largest absolute Gasteiger partial charge is 0.368 e. The number of aliphatic hydroxyl groups is 1. The summed E-state index contributed by atoms with van der Waals surface area (Å²) >= 11 is 0. The maximum absolute atomic E-state index is 9.53. The summed E-state index contributed by atoms with van der Waals surface area (Å²) in [7, 11) is 0. The lowest BCUT2D eigenvalue weighted by molar-refractivity contribution is -0.163. The van der Waals surface area contributed by atoms with Gasteiger partial charge in [-0.15, -0.1) is 0 Å². The van der Waals surface area contributed by atoms with E-state index in [9.17, 15) is 5.11 Å². The van der Waals surface area contributed by atoms with E-state index in [0.717, 1.165) is 19.3 Å². The summed E-state index contributed by atoms with van der Waals surface area (Å²) in [5.74, 6) is 0.241. The Hall–Kier alpha value is -0.0800. The predicted octanol–water partition coefficient (Wildman–Crippen LogP) is 2.56. The van der Waals surface area contributed by atoms with E-state index >= 15 is 0 Å². The zero-order valence-corrected chi connectivity index (χ0v) is 8.71. The highest BCUT2D eigenvalue weighted by molar-refractivity contribution is 4.57. The summed E-state index contributed by atoms with van der Waals surface area (Å²) in [5, 5.41) is 9.53. The van der Waals surface area contributed by atoms with Crippen molar-refractivity contribution in [3.8, 4) is 0 Å². The topological polar surface area (TPSA) is 29.5 Å². The molecule has 1 N–H and O–H groups in total. The molecule has 0 amide bonds. The zero-order valence-electron chi connectivity index (χ0n) is 8.71. The lowest BCUT2D eigenvalue weighted by Gasteiger charge is -2.23. The van der Waals surface area contributed by atoms with Crippen LogP contribution in [0.1, 0.15) is 47.0 Å². The van der Waals surface area contributed by atoms with E-state index in [0.29, 0.717) is 0 Å². The first-order chi connectivity index (χ1) is 5.65. The van der Waals surface area contributed by atoms with Crippen molar-refractivity contribution < 1.29 is 9.84 Å². The number of ether oxygens (including phenoxy) is 1. The van der Waals surface area contributed by atoms with Crippen LogP contribution in [0.4, 0.5) is 0 Å². The fourth-order valence-corrected chi connectivity index (χ4v) is 1.01. The third-order valence-corrected chi connectivity index (χ3v) is 2.37. The van der Waals surface area contributed by atoms with Crippen LogP contribution >= 0.6 is 0 Å². The fourth-order valence-electron chi connectivity index (χ4n) is 1.01. The van der Waals surface area contributed by atoms with Gasteiger partial charge in [-0.25, -0.2) is 0 Å². The number of aliphatic hydroxyl groups excluding tert-OH is 1. The zero-order chi connectivity index (χ0) is 9.56. The van der Waals surface area contributed by atoms with Gasteiger partial charge in [0.1, 0.15) is 0 Å².